The summed E-state index contributed by atoms with van der Waals surface area (Å²) in [6.07, 6.45) is 2.61. The molecule has 148 valence electrons. The summed E-state index contributed by atoms with van der Waals surface area (Å²) in [6, 6.07) is 12.6. The number of allylic oxidation sites excluding steroid dienone is 2. The molecule has 1 heterocycles. The van der Waals surface area contributed by atoms with Crippen molar-refractivity contribution in [2.75, 3.05) is 13.7 Å². The molecule has 1 N–H and O–H groups in total. The van der Waals surface area contributed by atoms with E-state index < -0.39 is 11.7 Å². The number of hydrogen-bond donors (Lipinski definition) is 1. The first kappa shape index (κ1) is 19.9. The van der Waals surface area contributed by atoms with Crippen LogP contribution in [-0.2, 0) is 23.7 Å². The van der Waals surface area contributed by atoms with Crippen LogP contribution in [0, 0.1) is 0 Å². The fourth-order valence-corrected chi connectivity index (χ4v) is 3.31. The van der Waals surface area contributed by atoms with Gasteiger partial charge in [-0.2, -0.15) is 8.78 Å². The third-order valence-electron chi connectivity index (χ3n) is 4.86. The number of carbonyl (C=O) groups is 1. The lowest BCUT2D eigenvalue weighted by Crippen LogP contribution is -2.23. The molecule has 0 saturated carbocycles. The van der Waals surface area contributed by atoms with E-state index in [-0.39, 0.29) is 17.9 Å². The molecule has 1 saturated heterocycles. The van der Waals surface area contributed by atoms with Crippen LogP contribution in [-0.4, -0.2) is 29.6 Å². The molecular weight excluding hydrogens is 364 g/mol. The lowest BCUT2D eigenvalue weighted by Gasteiger charge is -2.18. The van der Waals surface area contributed by atoms with Crippen LogP contribution in [0.15, 0.2) is 60.4 Å². The molecule has 1 fully saturated rings. The molecule has 0 spiro atoms. The van der Waals surface area contributed by atoms with Gasteiger partial charge >= 0.3 is 5.92 Å². The number of carbonyl (C=O) groups excluding carboxylic acids is 1. The number of likely N-dealkylation sites (tertiary alicyclic amines) is 1. The Kier molecular flexibility index (Phi) is 5.97. The topological polar surface area (TPSA) is 49.8 Å². The predicted octanol–water partition coefficient (Wildman–Crippen LogP) is 4.59. The van der Waals surface area contributed by atoms with E-state index in [1.807, 2.05) is 12.1 Å². The molecule has 6 heteroatoms. The van der Waals surface area contributed by atoms with Crippen LogP contribution in [0.25, 0.3) is 0 Å². The highest BCUT2D eigenvalue weighted by Gasteiger charge is 2.36. The molecule has 0 radical (unpaired) electrons. The van der Waals surface area contributed by atoms with E-state index in [4.69, 9.17) is 4.74 Å². The van der Waals surface area contributed by atoms with Gasteiger partial charge in [-0.3, -0.25) is 4.79 Å². The Labute approximate surface area is 163 Å². The van der Waals surface area contributed by atoms with Gasteiger partial charge in [0.2, 0.25) is 5.91 Å². The second-order valence-electron chi connectivity index (χ2n) is 6.80. The molecular formula is C22H23F2NO3. The van der Waals surface area contributed by atoms with Gasteiger partial charge in [-0.1, -0.05) is 42.5 Å². The summed E-state index contributed by atoms with van der Waals surface area (Å²) in [5, 5.41) is 10.0. The van der Waals surface area contributed by atoms with Crippen molar-refractivity contribution in [2.24, 2.45) is 0 Å². The van der Waals surface area contributed by atoms with E-state index >= 15 is 0 Å². The average molecular weight is 387 g/mol. The molecule has 1 amide bonds. The monoisotopic (exact) mass is 387 g/mol. The van der Waals surface area contributed by atoms with E-state index in [2.05, 4.69) is 0 Å². The molecule has 4 nitrogen and oxygen atoms in total. The molecule has 0 unspecified atom stereocenters. The molecule has 1 aliphatic rings. The largest absolute Gasteiger partial charge is 0.506 e. The molecule has 0 aromatic heterocycles. The molecule has 2 aromatic carbocycles. The number of hydrogen-bond acceptors (Lipinski definition) is 3. The summed E-state index contributed by atoms with van der Waals surface area (Å²) in [4.78, 5) is 13.6. The van der Waals surface area contributed by atoms with Crippen LogP contribution in [0.1, 0.15) is 29.5 Å². The third kappa shape index (κ3) is 4.32. The smallest absolute Gasteiger partial charge is 0.328 e. The van der Waals surface area contributed by atoms with Gasteiger partial charge in [-0.15, -0.1) is 0 Å². The quantitative estimate of drug-likeness (QED) is 0.707. The number of ether oxygens (including phenoxy) is 1. The molecule has 1 aliphatic heterocycles. The fourth-order valence-electron chi connectivity index (χ4n) is 3.31. The predicted molar refractivity (Wildman–Crippen MR) is 102 cm³/mol. The van der Waals surface area contributed by atoms with Gasteiger partial charge in [0.15, 0.2) is 5.76 Å². The number of amides is 1. The molecule has 0 aliphatic carbocycles. The summed E-state index contributed by atoms with van der Waals surface area (Å²) < 4.78 is 34.2. The van der Waals surface area contributed by atoms with Crippen molar-refractivity contribution in [3.05, 3.63) is 77.1 Å². The Bertz CT molecular complexity index is 865. The van der Waals surface area contributed by atoms with Crippen LogP contribution >= 0.6 is 0 Å². The second-order valence-corrected chi connectivity index (χ2v) is 6.80. The zero-order chi connectivity index (χ0) is 20.1. The Morgan fingerprint density at radius 1 is 1.25 bits per heavy atom. The highest BCUT2D eigenvalue weighted by atomic mass is 19.3. The molecule has 2 aromatic rings. The van der Waals surface area contributed by atoms with Gasteiger partial charge in [0.05, 0.1) is 7.11 Å². The van der Waals surface area contributed by atoms with Crippen molar-refractivity contribution in [3.63, 3.8) is 0 Å². The maximum Gasteiger partial charge on any atom is 0.328 e. The van der Waals surface area contributed by atoms with Crippen LogP contribution in [0.4, 0.5) is 8.78 Å². The van der Waals surface area contributed by atoms with E-state index in [9.17, 15) is 18.7 Å². The SMILES string of the molecule is COc1ccc(CN2CCCC2=O)cc1CC=C(O)C(F)(F)c1ccccc1. The summed E-state index contributed by atoms with van der Waals surface area (Å²) in [7, 11) is 1.50. The Morgan fingerprint density at radius 3 is 2.64 bits per heavy atom. The summed E-state index contributed by atoms with van der Waals surface area (Å²) in [5.74, 6) is -3.80. The molecule has 28 heavy (non-hydrogen) atoms. The van der Waals surface area contributed by atoms with Crippen LogP contribution in [0.5, 0.6) is 5.75 Å². The normalized spacial score (nSPS) is 15.2. The molecule has 3 rings (SSSR count). The van der Waals surface area contributed by atoms with Crippen molar-refractivity contribution in [3.8, 4) is 5.75 Å². The number of rotatable bonds is 7. The number of benzene rings is 2. The van der Waals surface area contributed by atoms with Gasteiger partial charge in [0, 0.05) is 25.1 Å². The van der Waals surface area contributed by atoms with E-state index in [0.29, 0.717) is 24.3 Å². The van der Waals surface area contributed by atoms with Crippen molar-refractivity contribution < 1.29 is 23.4 Å². The van der Waals surface area contributed by atoms with Gasteiger partial charge in [0.25, 0.3) is 0 Å². The van der Waals surface area contributed by atoms with Crippen LogP contribution < -0.4 is 4.74 Å². The number of halogens is 2. The Morgan fingerprint density at radius 2 is 2.00 bits per heavy atom. The van der Waals surface area contributed by atoms with Crippen molar-refractivity contribution in [2.45, 2.75) is 31.7 Å². The zero-order valence-corrected chi connectivity index (χ0v) is 15.7. The highest BCUT2D eigenvalue weighted by molar-refractivity contribution is 5.78. The third-order valence-corrected chi connectivity index (χ3v) is 4.86. The van der Waals surface area contributed by atoms with Crippen molar-refractivity contribution in [1.82, 2.24) is 4.90 Å². The first-order valence-electron chi connectivity index (χ1n) is 9.18. The number of alkyl halides is 2. The maximum atomic E-state index is 14.4. The average Bonchev–Trinajstić information content (AvgIpc) is 3.11. The minimum absolute atomic E-state index is 0.0826. The number of aliphatic hydroxyl groups is 1. The first-order valence-corrected chi connectivity index (χ1v) is 9.18. The molecule has 0 bridgehead atoms. The number of nitrogens with zero attached hydrogens (tertiary/aromatic N) is 1. The summed E-state index contributed by atoms with van der Waals surface area (Å²) in [6.45, 7) is 1.20. The minimum Gasteiger partial charge on any atom is -0.506 e. The number of methoxy groups -OCH3 is 1. The second kappa shape index (κ2) is 8.42. The fraction of sp³-hybridized carbons (Fsp3) is 0.318. The van der Waals surface area contributed by atoms with Gasteiger partial charge in [0.1, 0.15) is 5.75 Å². The van der Waals surface area contributed by atoms with Crippen molar-refractivity contribution in [1.29, 1.82) is 0 Å². The number of aliphatic hydroxyl groups excluding tert-OH is 1. The molecule has 0 atom stereocenters. The van der Waals surface area contributed by atoms with E-state index in [0.717, 1.165) is 24.6 Å². The first-order chi connectivity index (χ1) is 13.4. The Hall–Kier alpha value is -2.89. The zero-order valence-electron chi connectivity index (χ0n) is 15.7. The highest BCUT2D eigenvalue weighted by Crippen LogP contribution is 2.34. The summed E-state index contributed by atoms with van der Waals surface area (Å²) in [5.41, 5.74) is 1.30. The van der Waals surface area contributed by atoms with Crippen molar-refractivity contribution >= 4 is 5.91 Å². The minimum atomic E-state index is -3.46. The van der Waals surface area contributed by atoms with Crippen LogP contribution in [0.2, 0.25) is 0 Å². The van der Waals surface area contributed by atoms with Crippen LogP contribution in [0.3, 0.4) is 0 Å². The standard InChI is InChI=1S/C22H23F2NO3/c1-28-19-11-9-16(15-25-13-5-8-21(25)27)14-17(19)10-12-20(26)22(23,24)18-6-3-2-4-7-18/h2-4,6-7,9,11-12,14,26H,5,8,10,13,15H2,1H3. The van der Waals surface area contributed by atoms with Gasteiger partial charge < -0.3 is 14.7 Å². The maximum absolute atomic E-state index is 14.4. The lowest BCUT2D eigenvalue weighted by atomic mass is 10.0. The lowest BCUT2D eigenvalue weighted by molar-refractivity contribution is -0.128. The summed E-state index contributed by atoms with van der Waals surface area (Å²) >= 11 is 0. The van der Waals surface area contributed by atoms with Gasteiger partial charge in [-0.25, -0.2) is 0 Å². The van der Waals surface area contributed by atoms with E-state index in [1.54, 1.807) is 17.0 Å². The van der Waals surface area contributed by atoms with E-state index in [1.165, 1.54) is 31.4 Å². The van der Waals surface area contributed by atoms with Gasteiger partial charge in [-0.05, 0) is 36.1 Å². The Balaban J connectivity index is 1.79.